The number of benzene rings is 2. The fourth-order valence-corrected chi connectivity index (χ4v) is 3.06. The van der Waals surface area contributed by atoms with E-state index in [0.29, 0.717) is 5.75 Å². The molecule has 1 N–H and O–H groups in total. The summed E-state index contributed by atoms with van der Waals surface area (Å²) in [5.74, 6) is 0.380. The number of thiazole rings is 1. The van der Waals surface area contributed by atoms with E-state index in [2.05, 4.69) is 15.5 Å². The van der Waals surface area contributed by atoms with Gasteiger partial charge in [0.15, 0.2) is 6.61 Å². The summed E-state index contributed by atoms with van der Waals surface area (Å²) >= 11 is 1.45. The number of aromatic nitrogens is 1. The zero-order chi connectivity index (χ0) is 18.9. The first kappa shape index (κ1) is 18.3. The van der Waals surface area contributed by atoms with E-state index in [-0.39, 0.29) is 18.9 Å². The van der Waals surface area contributed by atoms with E-state index in [0.717, 1.165) is 21.8 Å². The number of carbonyl (C=O) groups excluding carboxylic acids is 1. The number of rotatable bonds is 7. The van der Waals surface area contributed by atoms with E-state index in [9.17, 15) is 4.79 Å². The molecule has 0 bridgehead atoms. The minimum absolute atomic E-state index is 0.00619. The lowest BCUT2D eigenvalue weighted by Crippen LogP contribution is -2.19. The maximum absolute atomic E-state index is 12.0. The van der Waals surface area contributed by atoms with Crippen LogP contribution >= 0.6 is 11.3 Å². The van der Waals surface area contributed by atoms with Crippen LogP contribution in [0.2, 0.25) is 0 Å². The third-order valence-corrected chi connectivity index (χ3v) is 4.37. The summed E-state index contributed by atoms with van der Waals surface area (Å²) in [6.07, 6.45) is 1.72. The largest absolute Gasteiger partial charge is 0.479 e. The van der Waals surface area contributed by atoms with Gasteiger partial charge >= 0.3 is 0 Å². The number of hydrazone groups is 1. The Labute approximate surface area is 160 Å². The van der Waals surface area contributed by atoms with Gasteiger partial charge in [0.2, 0.25) is 5.91 Å². The molecule has 0 saturated heterocycles. The summed E-state index contributed by atoms with van der Waals surface area (Å²) in [5.41, 5.74) is 5.20. The second-order valence-electron chi connectivity index (χ2n) is 5.48. The minimum Gasteiger partial charge on any atom is -0.479 e. The molecule has 27 heavy (non-hydrogen) atoms. The van der Waals surface area contributed by atoms with E-state index in [1.165, 1.54) is 11.3 Å². The Balaban J connectivity index is 1.50. The summed E-state index contributed by atoms with van der Waals surface area (Å²) < 4.78 is 5.17. The van der Waals surface area contributed by atoms with Crippen molar-refractivity contribution in [3.05, 3.63) is 70.5 Å². The van der Waals surface area contributed by atoms with Crippen molar-refractivity contribution in [3.8, 4) is 23.1 Å². The topological polar surface area (TPSA) is 87.4 Å². The van der Waals surface area contributed by atoms with Crippen molar-refractivity contribution in [3.63, 3.8) is 0 Å². The maximum atomic E-state index is 12.0. The molecule has 0 radical (unpaired) electrons. The molecule has 3 rings (SSSR count). The van der Waals surface area contributed by atoms with Crippen LogP contribution in [0.5, 0.6) is 5.75 Å². The smallest absolute Gasteiger partial charge is 0.246 e. The fraction of sp³-hybridized carbons (Fsp3) is 0.100. The first-order valence-corrected chi connectivity index (χ1v) is 9.04. The molecular weight excluding hydrogens is 360 g/mol. The summed E-state index contributed by atoms with van der Waals surface area (Å²) in [7, 11) is 0. The molecule has 0 aliphatic heterocycles. The number of hydrogen-bond donors (Lipinski definition) is 1. The number of carbonyl (C=O) groups is 1. The normalized spacial score (nSPS) is 10.5. The zero-order valence-corrected chi connectivity index (χ0v) is 15.1. The first-order chi connectivity index (χ1) is 13.2. The van der Waals surface area contributed by atoms with Crippen molar-refractivity contribution in [2.75, 3.05) is 6.61 Å². The lowest BCUT2D eigenvalue weighted by Gasteiger charge is -2.01. The zero-order valence-electron chi connectivity index (χ0n) is 14.3. The average molecular weight is 376 g/mol. The molecule has 134 valence electrons. The lowest BCUT2D eigenvalue weighted by atomic mass is 10.2. The molecule has 3 aromatic rings. The van der Waals surface area contributed by atoms with E-state index in [1.54, 1.807) is 30.5 Å². The van der Waals surface area contributed by atoms with Crippen molar-refractivity contribution < 1.29 is 9.53 Å². The second-order valence-corrected chi connectivity index (χ2v) is 6.42. The van der Waals surface area contributed by atoms with Crippen LogP contribution in [0.15, 0.2) is 65.1 Å². The third kappa shape index (κ3) is 5.49. The van der Waals surface area contributed by atoms with Gasteiger partial charge in [0.25, 0.3) is 0 Å². The van der Waals surface area contributed by atoms with Crippen LogP contribution in [0.25, 0.3) is 11.3 Å². The molecule has 0 atom stereocenters. The predicted molar refractivity (Wildman–Crippen MR) is 105 cm³/mol. The van der Waals surface area contributed by atoms with Crippen LogP contribution in [-0.4, -0.2) is 23.7 Å². The van der Waals surface area contributed by atoms with Crippen molar-refractivity contribution in [1.82, 2.24) is 10.4 Å². The number of nitrogens with one attached hydrogen (secondary N) is 1. The fourth-order valence-electron chi connectivity index (χ4n) is 2.25. The van der Waals surface area contributed by atoms with Crippen LogP contribution in [0.4, 0.5) is 0 Å². The van der Waals surface area contributed by atoms with Crippen LogP contribution in [-0.2, 0) is 11.2 Å². The highest BCUT2D eigenvalue weighted by Crippen LogP contribution is 2.21. The molecule has 0 fully saturated rings. The predicted octanol–water partition coefficient (Wildman–Crippen LogP) is 3.41. The van der Waals surface area contributed by atoms with Crippen LogP contribution in [0.1, 0.15) is 10.6 Å². The van der Waals surface area contributed by atoms with Crippen LogP contribution < -0.4 is 10.2 Å². The quantitative estimate of drug-likeness (QED) is 0.506. The highest BCUT2D eigenvalue weighted by atomic mass is 32.1. The lowest BCUT2D eigenvalue weighted by molar-refractivity contribution is -0.120. The molecule has 7 heteroatoms. The summed E-state index contributed by atoms with van der Waals surface area (Å²) in [6.45, 7) is 0.00619. The van der Waals surface area contributed by atoms with Crippen LogP contribution in [0.3, 0.4) is 0 Å². The van der Waals surface area contributed by atoms with E-state index in [1.807, 2.05) is 41.8 Å². The monoisotopic (exact) mass is 376 g/mol. The Morgan fingerprint density at radius 3 is 2.74 bits per heavy atom. The number of nitriles is 1. The molecule has 0 saturated carbocycles. The molecular formula is C20H16N4O2S. The molecule has 1 heterocycles. The summed E-state index contributed by atoms with van der Waals surface area (Å²) in [6, 6.07) is 18.8. The number of amides is 1. The molecule has 0 spiro atoms. The number of hydrogen-bond acceptors (Lipinski definition) is 6. The van der Waals surface area contributed by atoms with Gasteiger partial charge in [-0.2, -0.15) is 10.4 Å². The molecule has 1 amide bonds. The van der Waals surface area contributed by atoms with Gasteiger partial charge < -0.3 is 4.74 Å². The van der Waals surface area contributed by atoms with E-state index < -0.39 is 0 Å². The molecule has 0 aliphatic rings. The highest BCUT2D eigenvalue weighted by Gasteiger charge is 2.08. The molecule has 0 aliphatic carbocycles. The van der Waals surface area contributed by atoms with Crippen molar-refractivity contribution >= 4 is 23.5 Å². The Hall–Kier alpha value is -3.50. The van der Waals surface area contributed by atoms with Gasteiger partial charge in [-0.1, -0.05) is 30.3 Å². The molecule has 0 unspecified atom stereocenters. The standard InChI is InChI=1S/C20H16N4O2S/c21-10-11-26-17-8-6-15(7-9-17)13-22-24-19(25)12-20-23-18(14-27-20)16-4-2-1-3-5-16/h1-9,13-14H,11-12H2,(H,24,25)/b22-13-. The van der Waals surface area contributed by atoms with Crippen molar-refractivity contribution in [1.29, 1.82) is 5.26 Å². The van der Waals surface area contributed by atoms with Crippen molar-refractivity contribution in [2.24, 2.45) is 5.10 Å². The van der Waals surface area contributed by atoms with Gasteiger partial charge in [-0.25, -0.2) is 10.4 Å². The Bertz CT molecular complexity index is 960. The van der Waals surface area contributed by atoms with Gasteiger partial charge in [0, 0.05) is 10.9 Å². The molecule has 1 aromatic heterocycles. The average Bonchev–Trinajstić information content (AvgIpc) is 3.16. The van der Waals surface area contributed by atoms with Crippen molar-refractivity contribution in [2.45, 2.75) is 6.42 Å². The summed E-state index contributed by atoms with van der Waals surface area (Å²) in [5, 5.41) is 15.1. The molecule has 6 nitrogen and oxygen atoms in total. The maximum Gasteiger partial charge on any atom is 0.246 e. The number of nitrogens with zero attached hydrogens (tertiary/aromatic N) is 3. The first-order valence-electron chi connectivity index (χ1n) is 8.16. The van der Waals surface area contributed by atoms with E-state index >= 15 is 0 Å². The minimum atomic E-state index is -0.228. The second kappa shape index (κ2) is 9.27. The Kier molecular flexibility index (Phi) is 6.28. The number of ether oxygens (including phenoxy) is 1. The SMILES string of the molecule is N#CCOc1ccc(/C=N\NC(=O)Cc2nc(-c3ccccc3)cs2)cc1. The van der Waals surface area contributed by atoms with Gasteiger partial charge in [0.1, 0.15) is 16.8 Å². The van der Waals surface area contributed by atoms with Gasteiger partial charge in [-0.3, -0.25) is 4.79 Å². The highest BCUT2D eigenvalue weighted by molar-refractivity contribution is 7.10. The Morgan fingerprint density at radius 2 is 2.00 bits per heavy atom. The summed E-state index contributed by atoms with van der Waals surface area (Å²) in [4.78, 5) is 16.5. The van der Waals surface area contributed by atoms with E-state index in [4.69, 9.17) is 10.00 Å². The van der Waals surface area contributed by atoms with Gasteiger partial charge in [-0.05, 0) is 29.8 Å². The molecule has 2 aromatic carbocycles. The third-order valence-electron chi connectivity index (χ3n) is 3.52. The van der Waals surface area contributed by atoms with Gasteiger partial charge in [0.05, 0.1) is 18.3 Å². The van der Waals surface area contributed by atoms with Crippen LogP contribution in [0, 0.1) is 11.3 Å². The van der Waals surface area contributed by atoms with Gasteiger partial charge in [-0.15, -0.1) is 11.3 Å². The Morgan fingerprint density at radius 1 is 1.22 bits per heavy atom.